The SMILES string of the molecule is CN=C(NCc1cnn(-c2ccccc2)c1)NCC(C)(C)N1CCCCC1.I. The molecule has 3 rings (SSSR count). The van der Waals surface area contributed by atoms with E-state index in [0.717, 1.165) is 23.8 Å². The summed E-state index contributed by atoms with van der Waals surface area (Å²) in [7, 11) is 1.82. The van der Waals surface area contributed by atoms with Crippen LogP contribution in [0.4, 0.5) is 0 Å². The van der Waals surface area contributed by atoms with E-state index in [0.29, 0.717) is 6.54 Å². The molecule has 1 aliphatic heterocycles. The van der Waals surface area contributed by atoms with Crippen LogP contribution >= 0.6 is 24.0 Å². The molecule has 1 aliphatic rings. The monoisotopic (exact) mass is 496 g/mol. The molecule has 0 unspecified atom stereocenters. The van der Waals surface area contributed by atoms with Gasteiger partial charge in [0.2, 0.25) is 0 Å². The molecule has 1 fully saturated rings. The second kappa shape index (κ2) is 10.8. The molecule has 1 saturated heterocycles. The molecular formula is C21H33IN6. The molecule has 0 bridgehead atoms. The van der Waals surface area contributed by atoms with Gasteiger partial charge in [-0.2, -0.15) is 5.10 Å². The van der Waals surface area contributed by atoms with Crippen molar-refractivity contribution < 1.29 is 0 Å². The zero-order chi connectivity index (χ0) is 19.1. The summed E-state index contributed by atoms with van der Waals surface area (Å²) >= 11 is 0. The van der Waals surface area contributed by atoms with Gasteiger partial charge in [0.15, 0.2) is 5.96 Å². The van der Waals surface area contributed by atoms with Crippen molar-refractivity contribution in [3.05, 3.63) is 48.3 Å². The van der Waals surface area contributed by atoms with Gasteiger partial charge in [-0.1, -0.05) is 24.6 Å². The Bertz CT molecular complexity index is 734. The molecule has 0 amide bonds. The summed E-state index contributed by atoms with van der Waals surface area (Å²) in [6, 6.07) is 10.1. The number of hydrogen-bond acceptors (Lipinski definition) is 3. The fourth-order valence-corrected chi connectivity index (χ4v) is 3.49. The smallest absolute Gasteiger partial charge is 0.191 e. The number of aromatic nitrogens is 2. The first-order valence-electron chi connectivity index (χ1n) is 9.87. The van der Waals surface area contributed by atoms with Crippen molar-refractivity contribution in [2.24, 2.45) is 4.99 Å². The Kier molecular flexibility index (Phi) is 8.75. The average molecular weight is 496 g/mol. The molecule has 0 atom stereocenters. The number of piperidine rings is 1. The number of halogens is 1. The number of hydrogen-bond donors (Lipinski definition) is 2. The van der Waals surface area contributed by atoms with E-state index in [1.54, 1.807) is 0 Å². The molecular weight excluding hydrogens is 463 g/mol. The highest BCUT2D eigenvalue weighted by Gasteiger charge is 2.27. The van der Waals surface area contributed by atoms with E-state index in [-0.39, 0.29) is 29.5 Å². The van der Waals surface area contributed by atoms with Crippen LogP contribution in [0.25, 0.3) is 5.69 Å². The summed E-state index contributed by atoms with van der Waals surface area (Å²) in [5.41, 5.74) is 2.31. The van der Waals surface area contributed by atoms with Gasteiger partial charge in [-0.05, 0) is 51.9 Å². The van der Waals surface area contributed by atoms with E-state index in [4.69, 9.17) is 0 Å². The van der Waals surface area contributed by atoms with Crippen LogP contribution in [-0.2, 0) is 6.54 Å². The Hall–Kier alpha value is -1.61. The fourth-order valence-electron chi connectivity index (χ4n) is 3.49. The van der Waals surface area contributed by atoms with Gasteiger partial charge in [0.25, 0.3) is 0 Å². The van der Waals surface area contributed by atoms with Crippen molar-refractivity contribution >= 4 is 29.9 Å². The lowest BCUT2D eigenvalue weighted by molar-refractivity contribution is 0.0982. The number of guanidine groups is 1. The number of nitrogens with one attached hydrogen (secondary N) is 2. The minimum absolute atomic E-state index is 0. The van der Waals surface area contributed by atoms with E-state index in [9.17, 15) is 0 Å². The Morgan fingerprint density at radius 3 is 2.50 bits per heavy atom. The molecule has 0 spiro atoms. The van der Waals surface area contributed by atoms with Gasteiger partial charge in [0, 0.05) is 37.4 Å². The lowest BCUT2D eigenvalue weighted by Crippen LogP contribution is -2.54. The van der Waals surface area contributed by atoms with Crippen LogP contribution in [0.15, 0.2) is 47.7 Å². The Balaban J connectivity index is 0.00000280. The Morgan fingerprint density at radius 2 is 1.82 bits per heavy atom. The highest BCUT2D eigenvalue weighted by atomic mass is 127. The first-order chi connectivity index (χ1) is 13.1. The molecule has 2 N–H and O–H groups in total. The largest absolute Gasteiger partial charge is 0.355 e. The van der Waals surface area contributed by atoms with Crippen molar-refractivity contribution in [3.63, 3.8) is 0 Å². The maximum absolute atomic E-state index is 4.45. The lowest BCUT2D eigenvalue weighted by Gasteiger charge is -2.41. The van der Waals surface area contributed by atoms with Crippen LogP contribution in [0.2, 0.25) is 0 Å². The number of rotatable bonds is 6. The summed E-state index contributed by atoms with van der Waals surface area (Å²) < 4.78 is 1.90. The molecule has 28 heavy (non-hydrogen) atoms. The third kappa shape index (κ3) is 6.20. The van der Waals surface area contributed by atoms with Crippen LogP contribution in [0.1, 0.15) is 38.7 Å². The summed E-state index contributed by atoms with van der Waals surface area (Å²) in [6.07, 6.45) is 7.92. The topological polar surface area (TPSA) is 57.5 Å². The molecule has 0 saturated carbocycles. The van der Waals surface area contributed by atoms with Crippen LogP contribution in [0, 0.1) is 0 Å². The first kappa shape index (κ1) is 22.7. The third-order valence-corrected chi connectivity index (χ3v) is 5.24. The van der Waals surface area contributed by atoms with E-state index >= 15 is 0 Å². The van der Waals surface area contributed by atoms with Gasteiger partial charge in [0.05, 0.1) is 11.9 Å². The van der Waals surface area contributed by atoms with Gasteiger partial charge in [0.1, 0.15) is 0 Å². The van der Waals surface area contributed by atoms with Gasteiger partial charge < -0.3 is 10.6 Å². The zero-order valence-electron chi connectivity index (χ0n) is 17.2. The molecule has 154 valence electrons. The molecule has 6 nitrogen and oxygen atoms in total. The van der Waals surface area contributed by atoms with E-state index in [1.165, 1.54) is 32.4 Å². The molecule has 0 radical (unpaired) electrons. The lowest BCUT2D eigenvalue weighted by atomic mass is 9.98. The third-order valence-electron chi connectivity index (χ3n) is 5.24. The minimum Gasteiger partial charge on any atom is -0.355 e. The number of para-hydroxylation sites is 1. The van der Waals surface area contributed by atoms with Crippen LogP contribution in [0.5, 0.6) is 0 Å². The van der Waals surface area contributed by atoms with Gasteiger partial charge in [-0.25, -0.2) is 4.68 Å². The normalized spacial score (nSPS) is 15.8. The van der Waals surface area contributed by atoms with Crippen molar-refractivity contribution in [2.75, 3.05) is 26.7 Å². The van der Waals surface area contributed by atoms with Crippen LogP contribution in [-0.4, -0.2) is 52.9 Å². The molecule has 1 aromatic heterocycles. The molecule has 0 aliphatic carbocycles. The molecule has 7 heteroatoms. The zero-order valence-corrected chi connectivity index (χ0v) is 19.5. The predicted octanol–water partition coefficient (Wildman–Crippen LogP) is 3.42. The highest BCUT2D eigenvalue weighted by molar-refractivity contribution is 14.0. The number of aliphatic imine (C=N–C) groups is 1. The maximum atomic E-state index is 4.45. The summed E-state index contributed by atoms with van der Waals surface area (Å²) in [5, 5.41) is 11.3. The first-order valence-corrected chi connectivity index (χ1v) is 9.87. The number of likely N-dealkylation sites (tertiary alicyclic amines) is 1. The maximum Gasteiger partial charge on any atom is 0.191 e. The van der Waals surface area contributed by atoms with Gasteiger partial charge in [-0.3, -0.25) is 9.89 Å². The molecule has 1 aromatic carbocycles. The summed E-state index contributed by atoms with van der Waals surface area (Å²) in [4.78, 5) is 6.95. The highest BCUT2D eigenvalue weighted by Crippen LogP contribution is 2.19. The van der Waals surface area contributed by atoms with Gasteiger partial charge >= 0.3 is 0 Å². The van der Waals surface area contributed by atoms with Crippen LogP contribution in [0.3, 0.4) is 0 Å². The van der Waals surface area contributed by atoms with Crippen molar-refractivity contribution in [1.82, 2.24) is 25.3 Å². The van der Waals surface area contributed by atoms with E-state index in [2.05, 4.69) is 39.5 Å². The second-order valence-electron chi connectivity index (χ2n) is 7.77. The molecule has 2 heterocycles. The van der Waals surface area contributed by atoms with Crippen molar-refractivity contribution in [3.8, 4) is 5.69 Å². The quantitative estimate of drug-likeness (QED) is 0.366. The van der Waals surface area contributed by atoms with Crippen molar-refractivity contribution in [1.29, 1.82) is 0 Å². The van der Waals surface area contributed by atoms with Gasteiger partial charge in [-0.15, -0.1) is 24.0 Å². The standard InChI is InChI=1S/C21H32N6.HI/c1-21(2,26-12-8-5-9-13-26)17-24-20(22-3)23-14-18-15-25-27(16-18)19-10-6-4-7-11-19;/h4,6-7,10-11,15-16H,5,8-9,12-14,17H2,1-3H3,(H2,22,23,24);1H. The Morgan fingerprint density at radius 1 is 1.11 bits per heavy atom. The molecule has 2 aromatic rings. The van der Waals surface area contributed by atoms with Crippen molar-refractivity contribution in [2.45, 2.75) is 45.2 Å². The number of nitrogens with zero attached hydrogens (tertiary/aromatic N) is 4. The fraction of sp³-hybridized carbons (Fsp3) is 0.524. The summed E-state index contributed by atoms with van der Waals surface area (Å²) in [5.74, 6) is 0.826. The summed E-state index contributed by atoms with van der Waals surface area (Å²) in [6.45, 7) is 8.57. The number of benzene rings is 1. The predicted molar refractivity (Wildman–Crippen MR) is 127 cm³/mol. The minimum atomic E-state index is 0. The van der Waals surface area contributed by atoms with E-state index in [1.807, 2.05) is 54.5 Å². The average Bonchev–Trinajstić information content (AvgIpc) is 3.18. The second-order valence-corrected chi connectivity index (χ2v) is 7.77. The van der Waals surface area contributed by atoms with Crippen LogP contribution < -0.4 is 10.6 Å². The Labute approximate surface area is 185 Å². The van der Waals surface area contributed by atoms with E-state index < -0.39 is 0 Å².